The molecule has 5 heteroatoms. The Morgan fingerprint density at radius 1 is 1.12 bits per heavy atom. The first kappa shape index (κ1) is 23.9. The second kappa shape index (κ2) is 9.31. The molecule has 0 radical (unpaired) electrons. The van der Waals surface area contributed by atoms with E-state index >= 15 is 0 Å². The van der Waals surface area contributed by atoms with Crippen molar-refractivity contribution in [2.45, 2.75) is 84.0 Å². The number of hydrogen-bond acceptors (Lipinski definition) is 4. The Morgan fingerprint density at radius 3 is 2.56 bits per heavy atom. The quantitative estimate of drug-likeness (QED) is 0.485. The first-order valence-corrected chi connectivity index (χ1v) is 13.2. The van der Waals surface area contributed by atoms with Crippen molar-refractivity contribution in [3.05, 3.63) is 42.0 Å². The molecule has 0 amide bonds. The first-order chi connectivity index (χ1) is 16.3. The molecular formula is C29H40O5. The number of ether oxygens (including phenoxy) is 3. The highest BCUT2D eigenvalue weighted by molar-refractivity contribution is 5.87. The Hall–Kier alpha value is -1.85. The lowest BCUT2D eigenvalue weighted by Crippen LogP contribution is -2.62. The van der Waals surface area contributed by atoms with Gasteiger partial charge in [0.2, 0.25) is 0 Å². The smallest absolute Gasteiger partial charge is 0.335 e. The molecule has 1 heterocycles. The summed E-state index contributed by atoms with van der Waals surface area (Å²) in [6, 6.07) is 6.68. The van der Waals surface area contributed by atoms with Crippen molar-refractivity contribution in [3.8, 4) is 5.75 Å². The van der Waals surface area contributed by atoms with E-state index in [4.69, 9.17) is 19.3 Å². The molecule has 1 aromatic rings. The van der Waals surface area contributed by atoms with Crippen LogP contribution in [0.1, 0.15) is 82.0 Å². The Kier molecular flexibility index (Phi) is 6.54. The average molecular weight is 469 g/mol. The number of hydrogen-bond donors (Lipinski definition) is 1. The van der Waals surface area contributed by atoms with Gasteiger partial charge in [0.05, 0.1) is 24.9 Å². The van der Waals surface area contributed by atoms with Crippen LogP contribution in [0.5, 0.6) is 5.75 Å². The summed E-state index contributed by atoms with van der Waals surface area (Å²) >= 11 is 0. The molecule has 1 N–H and O–H groups in total. The predicted molar refractivity (Wildman–Crippen MR) is 131 cm³/mol. The number of carboxylic acids is 1. The minimum absolute atomic E-state index is 0.000185. The summed E-state index contributed by atoms with van der Waals surface area (Å²) in [6.45, 7) is 10.8. The predicted octanol–water partition coefficient (Wildman–Crippen LogP) is 6.47. The zero-order valence-corrected chi connectivity index (χ0v) is 20.8. The number of carbonyl (C=O) groups is 1. The van der Waals surface area contributed by atoms with E-state index in [9.17, 15) is 4.79 Å². The molecule has 4 aliphatic rings. The van der Waals surface area contributed by atoms with Gasteiger partial charge in [-0.2, -0.15) is 0 Å². The summed E-state index contributed by atoms with van der Waals surface area (Å²) in [4.78, 5) is 11.1. The van der Waals surface area contributed by atoms with Gasteiger partial charge in [0.15, 0.2) is 6.29 Å². The van der Waals surface area contributed by atoms with Crippen LogP contribution in [0, 0.1) is 28.6 Å². The van der Waals surface area contributed by atoms with Crippen molar-refractivity contribution < 1.29 is 24.1 Å². The van der Waals surface area contributed by atoms with Crippen LogP contribution >= 0.6 is 0 Å². The Labute approximate surface area is 203 Å². The number of benzene rings is 1. The van der Waals surface area contributed by atoms with Crippen molar-refractivity contribution in [3.63, 3.8) is 0 Å². The number of aromatic carboxylic acids is 1. The number of rotatable bonds is 6. The van der Waals surface area contributed by atoms with Crippen LogP contribution in [0.25, 0.3) is 0 Å². The molecule has 1 saturated heterocycles. The van der Waals surface area contributed by atoms with Crippen molar-refractivity contribution in [2.75, 3.05) is 13.2 Å². The first-order valence-electron chi connectivity index (χ1n) is 13.2. The van der Waals surface area contributed by atoms with Gasteiger partial charge in [0.1, 0.15) is 5.75 Å². The number of carboxylic acid groups (broad SMARTS) is 1. The molecule has 0 spiro atoms. The molecule has 34 heavy (non-hydrogen) atoms. The third-order valence-electron chi connectivity index (χ3n) is 9.73. The SMILES string of the molecule is C=C1CCC2[C@]3(C)CO[C@@H](C4CCCC4)O[C@@H]3CC[C@@]2(C)[C@@H]1CCOc1ccc(C(=O)O)cc1. The van der Waals surface area contributed by atoms with Gasteiger partial charge in [-0.15, -0.1) is 0 Å². The van der Waals surface area contributed by atoms with Gasteiger partial charge in [0, 0.05) is 11.3 Å². The van der Waals surface area contributed by atoms with Crippen LogP contribution < -0.4 is 4.74 Å². The highest BCUT2D eigenvalue weighted by Gasteiger charge is 2.60. The zero-order chi connectivity index (χ0) is 23.9. The topological polar surface area (TPSA) is 65.0 Å². The fourth-order valence-electron chi connectivity index (χ4n) is 7.85. The summed E-state index contributed by atoms with van der Waals surface area (Å²) < 4.78 is 19.2. The second-order valence-electron chi connectivity index (χ2n) is 11.7. The average Bonchev–Trinajstić information content (AvgIpc) is 3.35. The summed E-state index contributed by atoms with van der Waals surface area (Å²) in [5, 5.41) is 9.09. The molecule has 1 aromatic carbocycles. The van der Waals surface area contributed by atoms with Gasteiger partial charge in [-0.25, -0.2) is 4.79 Å². The molecule has 186 valence electrons. The van der Waals surface area contributed by atoms with Crippen molar-refractivity contribution >= 4 is 5.97 Å². The standard InChI is InChI=1S/C29H40O5/c1-19-8-13-24-28(2,23(19)15-17-32-22-11-9-20(10-12-22)26(30)31)16-14-25-29(24,3)18-33-27(34-25)21-6-4-5-7-21/h9-12,21,23-25,27H,1,4-8,13-18H2,2-3H3,(H,30,31)/t23-,24?,25-,27-,28+,29+/m1/s1. The van der Waals surface area contributed by atoms with E-state index in [0.29, 0.717) is 30.5 Å². The lowest BCUT2D eigenvalue weighted by atomic mass is 9.46. The maximum Gasteiger partial charge on any atom is 0.335 e. The van der Waals surface area contributed by atoms with Crippen LogP contribution in [0.2, 0.25) is 0 Å². The van der Waals surface area contributed by atoms with E-state index in [1.54, 1.807) is 24.3 Å². The van der Waals surface area contributed by atoms with Gasteiger partial charge in [-0.3, -0.25) is 0 Å². The van der Waals surface area contributed by atoms with Gasteiger partial charge in [0.25, 0.3) is 0 Å². The van der Waals surface area contributed by atoms with E-state index in [1.807, 2.05) is 0 Å². The van der Waals surface area contributed by atoms with E-state index in [1.165, 1.54) is 31.3 Å². The van der Waals surface area contributed by atoms with Crippen molar-refractivity contribution in [1.82, 2.24) is 0 Å². The molecule has 6 atom stereocenters. The second-order valence-corrected chi connectivity index (χ2v) is 11.7. The van der Waals surface area contributed by atoms with Gasteiger partial charge in [-0.1, -0.05) is 38.8 Å². The van der Waals surface area contributed by atoms with Gasteiger partial charge in [-0.05, 0) is 86.5 Å². The fourth-order valence-corrected chi connectivity index (χ4v) is 7.85. The molecule has 5 rings (SSSR count). The molecule has 5 nitrogen and oxygen atoms in total. The minimum Gasteiger partial charge on any atom is -0.494 e. The maximum atomic E-state index is 11.1. The zero-order valence-electron chi connectivity index (χ0n) is 20.8. The highest BCUT2D eigenvalue weighted by atomic mass is 16.7. The number of allylic oxidation sites excluding steroid dienone is 1. The van der Waals surface area contributed by atoms with Crippen molar-refractivity contribution in [1.29, 1.82) is 0 Å². The molecule has 0 aromatic heterocycles. The monoisotopic (exact) mass is 468 g/mol. The van der Waals surface area contributed by atoms with E-state index < -0.39 is 5.97 Å². The summed E-state index contributed by atoms with van der Waals surface area (Å²) in [5.41, 5.74) is 1.85. The van der Waals surface area contributed by atoms with Crippen LogP contribution in [-0.4, -0.2) is 36.7 Å². The molecule has 0 bridgehead atoms. The van der Waals surface area contributed by atoms with E-state index in [0.717, 1.165) is 44.5 Å². The normalized spacial score (nSPS) is 38.2. The van der Waals surface area contributed by atoms with E-state index in [-0.39, 0.29) is 22.7 Å². The van der Waals surface area contributed by atoms with Crippen molar-refractivity contribution in [2.24, 2.45) is 28.6 Å². The lowest BCUT2D eigenvalue weighted by Gasteiger charge is -2.63. The Balaban J connectivity index is 1.25. The lowest BCUT2D eigenvalue weighted by molar-refractivity contribution is -0.316. The maximum absolute atomic E-state index is 11.1. The summed E-state index contributed by atoms with van der Waals surface area (Å²) in [7, 11) is 0. The van der Waals surface area contributed by atoms with Gasteiger partial charge >= 0.3 is 5.97 Å². The molecule has 1 unspecified atom stereocenters. The number of fused-ring (bicyclic) bond motifs is 3. The van der Waals surface area contributed by atoms with E-state index in [2.05, 4.69) is 20.4 Å². The molecular weight excluding hydrogens is 428 g/mol. The third-order valence-corrected chi connectivity index (χ3v) is 9.73. The Bertz CT molecular complexity index is 904. The van der Waals surface area contributed by atoms with Gasteiger partial charge < -0.3 is 19.3 Å². The largest absolute Gasteiger partial charge is 0.494 e. The molecule has 1 aliphatic heterocycles. The van der Waals surface area contributed by atoms with Crippen LogP contribution in [0.15, 0.2) is 36.4 Å². The Morgan fingerprint density at radius 2 is 1.85 bits per heavy atom. The fraction of sp³-hybridized carbons (Fsp3) is 0.690. The molecule has 3 aliphatic carbocycles. The highest BCUT2D eigenvalue weighted by Crippen LogP contribution is 2.63. The molecule has 3 saturated carbocycles. The van der Waals surface area contributed by atoms with Crippen LogP contribution in [0.3, 0.4) is 0 Å². The molecule has 4 fully saturated rings. The minimum atomic E-state index is -0.918. The third kappa shape index (κ3) is 4.19. The van der Waals surface area contributed by atoms with Crippen LogP contribution in [0.4, 0.5) is 0 Å². The van der Waals surface area contributed by atoms with Crippen LogP contribution in [-0.2, 0) is 9.47 Å². The summed E-state index contributed by atoms with van der Waals surface area (Å²) in [5.74, 6) is 1.34. The summed E-state index contributed by atoms with van der Waals surface area (Å²) in [6.07, 6.45) is 10.8.